The molecule has 0 bridgehead atoms. The Balaban J connectivity index is 2.16. The summed E-state index contributed by atoms with van der Waals surface area (Å²) >= 11 is 0. The van der Waals surface area contributed by atoms with E-state index in [0.717, 1.165) is 0 Å². The van der Waals surface area contributed by atoms with Gasteiger partial charge in [-0.05, 0) is 25.7 Å². The topological polar surface area (TPSA) is 17.8 Å². The smallest absolute Gasteiger partial charge is 0.112 e. The van der Waals surface area contributed by atoms with Gasteiger partial charge in [-0.1, -0.05) is 169 Å². The van der Waals surface area contributed by atoms with Crippen molar-refractivity contribution in [2.45, 2.75) is 201 Å². The summed E-state index contributed by atoms with van der Waals surface area (Å²) < 4.78 is 2.52. The lowest BCUT2D eigenvalue weighted by molar-refractivity contribution is 0.382. The molecule has 0 aliphatic carbocycles. The average Bonchev–Trinajstić information content (AvgIpc) is 3.37. The van der Waals surface area contributed by atoms with Crippen LogP contribution in [0.5, 0.6) is 0 Å². The first-order valence-electron chi connectivity index (χ1n) is 17.1. The molecule has 0 fully saturated rings. The number of rotatable bonds is 27. The molecule has 0 saturated carbocycles. The molecule has 1 aromatic heterocycles. The zero-order valence-electron chi connectivity index (χ0n) is 26.3. The van der Waals surface area contributed by atoms with Gasteiger partial charge >= 0.3 is 0 Å². The molecular formula is C35H68N2. The summed E-state index contributed by atoms with van der Waals surface area (Å²) in [6, 6.07) is 0.579. The van der Waals surface area contributed by atoms with Crippen molar-refractivity contribution in [1.82, 2.24) is 9.55 Å². The molecule has 2 atom stereocenters. The predicted octanol–water partition coefficient (Wildman–Crippen LogP) is 12.6. The van der Waals surface area contributed by atoms with E-state index in [1.807, 2.05) is 0 Å². The van der Waals surface area contributed by atoms with Crippen LogP contribution in [0.2, 0.25) is 0 Å². The maximum atomic E-state index is 4.89. The Morgan fingerprint density at radius 2 is 0.919 bits per heavy atom. The molecule has 1 heterocycles. The minimum Gasteiger partial charge on any atom is -0.332 e. The predicted molar refractivity (Wildman–Crippen MR) is 167 cm³/mol. The molecule has 0 aromatic carbocycles. The first-order valence-corrected chi connectivity index (χ1v) is 17.1. The van der Waals surface area contributed by atoms with Crippen LogP contribution < -0.4 is 0 Å². The van der Waals surface area contributed by atoms with Gasteiger partial charge < -0.3 is 4.57 Å². The summed E-state index contributed by atoms with van der Waals surface area (Å²) in [6.45, 7) is 11.8. The van der Waals surface area contributed by atoms with Crippen molar-refractivity contribution in [1.29, 1.82) is 0 Å². The highest BCUT2D eigenvalue weighted by Crippen LogP contribution is 2.31. The number of aromatic nitrogens is 2. The second-order valence-corrected chi connectivity index (χ2v) is 12.5. The van der Waals surface area contributed by atoms with E-state index in [4.69, 9.17) is 4.98 Å². The highest BCUT2D eigenvalue weighted by molar-refractivity contribution is 5.03. The van der Waals surface area contributed by atoms with E-state index in [1.165, 1.54) is 160 Å². The summed E-state index contributed by atoms with van der Waals surface area (Å²) in [5.74, 6) is 2.63. The van der Waals surface area contributed by atoms with Gasteiger partial charge in [-0.2, -0.15) is 0 Å². The highest BCUT2D eigenvalue weighted by Gasteiger charge is 2.22. The van der Waals surface area contributed by atoms with E-state index in [0.29, 0.717) is 17.9 Å². The molecule has 0 radical (unpaired) electrons. The summed E-state index contributed by atoms with van der Waals surface area (Å²) in [6.07, 6.45) is 38.2. The number of unbranched alkanes of at least 4 members (excludes halogenated alkanes) is 20. The van der Waals surface area contributed by atoms with Crippen LogP contribution in [-0.4, -0.2) is 9.55 Å². The molecule has 0 spiro atoms. The van der Waals surface area contributed by atoms with Gasteiger partial charge in [-0.25, -0.2) is 4.98 Å². The third-order valence-corrected chi connectivity index (χ3v) is 8.65. The monoisotopic (exact) mass is 517 g/mol. The van der Waals surface area contributed by atoms with Crippen LogP contribution in [0.25, 0.3) is 0 Å². The van der Waals surface area contributed by atoms with Gasteiger partial charge in [0.1, 0.15) is 5.82 Å². The van der Waals surface area contributed by atoms with E-state index in [1.54, 1.807) is 0 Å². The van der Waals surface area contributed by atoms with Crippen molar-refractivity contribution in [3.63, 3.8) is 0 Å². The zero-order chi connectivity index (χ0) is 27.0. The molecule has 1 rings (SSSR count). The van der Waals surface area contributed by atoms with Crippen LogP contribution in [0.1, 0.15) is 207 Å². The van der Waals surface area contributed by atoms with Crippen LogP contribution in [0.4, 0.5) is 0 Å². The molecule has 0 aliphatic heterocycles. The van der Waals surface area contributed by atoms with Gasteiger partial charge in [-0.15, -0.1) is 0 Å². The van der Waals surface area contributed by atoms with Gasteiger partial charge in [0.2, 0.25) is 0 Å². The first-order chi connectivity index (χ1) is 18.1. The van der Waals surface area contributed by atoms with Gasteiger partial charge in [0.25, 0.3) is 0 Å². The lowest BCUT2D eigenvalue weighted by Gasteiger charge is -2.25. The third-order valence-electron chi connectivity index (χ3n) is 8.65. The van der Waals surface area contributed by atoms with Crippen LogP contribution in [0, 0.1) is 5.92 Å². The molecule has 218 valence electrons. The SMILES string of the molecule is CCCCCCCCCCCCCCCCCC(c1nccn1C(C)CCCCCCCCC)C(C)C. The standard InChI is InChI=1S/C35H68N2/c1-6-8-10-12-14-15-16-17-18-19-20-21-23-25-27-29-34(32(3)4)35-36-30-31-37(35)33(5)28-26-24-22-13-11-9-7-2/h30-34H,6-29H2,1-5H3. The quantitative estimate of drug-likeness (QED) is 0.106. The summed E-state index contributed by atoms with van der Waals surface area (Å²) in [7, 11) is 0. The normalized spacial score (nSPS) is 13.5. The number of hydrogen-bond donors (Lipinski definition) is 0. The van der Waals surface area contributed by atoms with E-state index in [-0.39, 0.29) is 0 Å². The van der Waals surface area contributed by atoms with Gasteiger partial charge in [-0.3, -0.25) is 0 Å². The molecule has 2 nitrogen and oxygen atoms in total. The molecule has 2 heteroatoms. The third kappa shape index (κ3) is 17.4. The van der Waals surface area contributed by atoms with Gasteiger partial charge in [0.05, 0.1) is 0 Å². The van der Waals surface area contributed by atoms with Crippen molar-refractivity contribution < 1.29 is 0 Å². The molecule has 0 amide bonds. The van der Waals surface area contributed by atoms with E-state index in [9.17, 15) is 0 Å². The van der Waals surface area contributed by atoms with Crippen LogP contribution >= 0.6 is 0 Å². The van der Waals surface area contributed by atoms with E-state index in [2.05, 4.69) is 51.6 Å². The summed E-state index contributed by atoms with van der Waals surface area (Å²) in [5.41, 5.74) is 0. The van der Waals surface area contributed by atoms with Gasteiger partial charge in [0.15, 0.2) is 0 Å². The van der Waals surface area contributed by atoms with Gasteiger partial charge in [0, 0.05) is 24.4 Å². The number of hydrogen-bond acceptors (Lipinski definition) is 1. The minimum atomic E-state index is 0.579. The largest absolute Gasteiger partial charge is 0.332 e. The van der Waals surface area contributed by atoms with Crippen LogP contribution in [0.3, 0.4) is 0 Å². The lowest BCUT2D eigenvalue weighted by Crippen LogP contribution is -2.16. The number of nitrogens with zero attached hydrogens (tertiary/aromatic N) is 2. The summed E-state index contributed by atoms with van der Waals surface area (Å²) in [5, 5.41) is 0. The Labute approximate surface area is 234 Å². The van der Waals surface area contributed by atoms with Crippen molar-refractivity contribution in [2.75, 3.05) is 0 Å². The maximum Gasteiger partial charge on any atom is 0.112 e. The molecule has 0 N–H and O–H groups in total. The van der Waals surface area contributed by atoms with Crippen LogP contribution in [-0.2, 0) is 0 Å². The Kier molecular flexibility index (Phi) is 22.5. The molecule has 37 heavy (non-hydrogen) atoms. The van der Waals surface area contributed by atoms with Crippen molar-refractivity contribution >= 4 is 0 Å². The Bertz CT molecular complexity index is 590. The van der Waals surface area contributed by atoms with E-state index < -0.39 is 0 Å². The highest BCUT2D eigenvalue weighted by atomic mass is 15.1. The molecular weight excluding hydrogens is 448 g/mol. The van der Waals surface area contributed by atoms with E-state index >= 15 is 0 Å². The first kappa shape index (κ1) is 34.2. The molecule has 1 aromatic rings. The molecule has 2 unspecified atom stereocenters. The Morgan fingerprint density at radius 3 is 1.32 bits per heavy atom. The molecule has 0 aliphatic rings. The fraction of sp³-hybridized carbons (Fsp3) is 0.914. The zero-order valence-corrected chi connectivity index (χ0v) is 26.3. The van der Waals surface area contributed by atoms with Crippen molar-refractivity contribution in [3.8, 4) is 0 Å². The average molecular weight is 517 g/mol. The van der Waals surface area contributed by atoms with Crippen LogP contribution in [0.15, 0.2) is 12.4 Å². The second kappa shape index (κ2) is 24.3. The molecule has 0 saturated heterocycles. The Morgan fingerprint density at radius 1 is 0.541 bits per heavy atom. The second-order valence-electron chi connectivity index (χ2n) is 12.5. The maximum absolute atomic E-state index is 4.89. The fourth-order valence-electron chi connectivity index (χ4n) is 6.02. The lowest BCUT2D eigenvalue weighted by atomic mass is 9.89. The summed E-state index contributed by atoms with van der Waals surface area (Å²) in [4.78, 5) is 4.89. The van der Waals surface area contributed by atoms with Crippen molar-refractivity contribution in [2.24, 2.45) is 5.92 Å². The fourth-order valence-corrected chi connectivity index (χ4v) is 6.02. The Hall–Kier alpha value is -0.790. The number of imidazole rings is 1. The van der Waals surface area contributed by atoms with Crippen molar-refractivity contribution in [3.05, 3.63) is 18.2 Å². The minimum absolute atomic E-state index is 0.579.